The number of rotatable bonds is 5. The predicted molar refractivity (Wildman–Crippen MR) is 122 cm³/mol. The summed E-state index contributed by atoms with van der Waals surface area (Å²) in [7, 11) is 0. The van der Waals surface area contributed by atoms with Gasteiger partial charge in [-0.3, -0.25) is 9.59 Å². The Kier molecular flexibility index (Phi) is 5.57. The number of likely N-dealkylation sites (tertiary alicyclic amines) is 1. The standard InChI is InChI=1S/C23H21N3O3S2/c27-21(24-13-17-5-3-11-30-17)18-14-31-22(25-18)15-7-9-26(10-8-15)23(28)20-12-16-4-1-2-6-19(16)29-20/h1-6,11-12,14-15H,7-10,13H2,(H,24,27). The molecule has 158 valence electrons. The second-order valence-corrected chi connectivity index (χ2v) is 9.47. The molecule has 5 rings (SSSR count). The molecule has 1 aliphatic heterocycles. The molecule has 8 heteroatoms. The van der Waals surface area contributed by atoms with Crippen molar-refractivity contribution in [1.29, 1.82) is 0 Å². The molecule has 2 amide bonds. The summed E-state index contributed by atoms with van der Waals surface area (Å²) in [6.07, 6.45) is 1.66. The van der Waals surface area contributed by atoms with Gasteiger partial charge in [-0.05, 0) is 36.4 Å². The van der Waals surface area contributed by atoms with Crippen LogP contribution in [-0.4, -0.2) is 34.8 Å². The van der Waals surface area contributed by atoms with Crippen LogP contribution >= 0.6 is 22.7 Å². The lowest BCUT2D eigenvalue weighted by Gasteiger charge is -2.30. The number of benzene rings is 1. The molecule has 1 aliphatic rings. The maximum absolute atomic E-state index is 12.8. The summed E-state index contributed by atoms with van der Waals surface area (Å²) in [4.78, 5) is 32.8. The Morgan fingerprint density at radius 3 is 2.74 bits per heavy atom. The lowest BCUT2D eigenvalue weighted by molar-refractivity contribution is 0.0683. The fraction of sp³-hybridized carbons (Fsp3) is 0.261. The summed E-state index contributed by atoms with van der Waals surface area (Å²) in [6.45, 7) is 1.83. The molecule has 0 spiro atoms. The Morgan fingerprint density at radius 2 is 1.97 bits per heavy atom. The minimum atomic E-state index is -0.145. The highest BCUT2D eigenvalue weighted by molar-refractivity contribution is 7.10. The molecule has 31 heavy (non-hydrogen) atoms. The predicted octanol–water partition coefficient (Wildman–Crippen LogP) is 4.90. The normalized spacial score (nSPS) is 14.8. The number of para-hydroxylation sites is 1. The van der Waals surface area contributed by atoms with Crippen molar-refractivity contribution < 1.29 is 14.0 Å². The first kappa shape index (κ1) is 20.0. The van der Waals surface area contributed by atoms with Crippen LogP contribution in [0.3, 0.4) is 0 Å². The van der Waals surface area contributed by atoms with Crippen LogP contribution in [0.1, 0.15) is 49.7 Å². The molecular weight excluding hydrogens is 430 g/mol. The number of fused-ring (bicyclic) bond motifs is 1. The van der Waals surface area contributed by atoms with E-state index in [1.807, 2.05) is 58.1 Å². The van der Waals surface area contributed by atoms with Crippen LogP contribution in [0.2, 0.25) is 0 Å². The van der Waals surface area contributed by atoms with Crippen molar-refractivity contribution in [2.24, 2.45) is 0 Å². The van der Waals surface area contributed by atoms with E-state index in [0.717, 1.165) is 33.7 Å². The highest BCUT2D eigenvalue weighted by atomic mass is 32.1. The Labute approximate surface area is 187 Å². The molecule has 4 heterocycles. The van der Waals surface area contributed by atoms with Gasteiger partial charge in [-0.25, -0.2) is 4.98 Å². The fourth-order valence-electron chi connectivity index (χ4n) is 3.82. The molecule has 0 aliphatic carbocycles. The molecule has 6 nitrogen and oxygen atoms in total. The maximum atomic E-state index is 12.8. The van der Waals surface area contributed by atoms with Crippen LogP contribution in [0.25, 0.3) is 11.0 Å². The molecule has 1 saturated heterocycles. The number of thiophene rings is 1. The van der Waals surface area contributed by atoms with E-state index in [1.165, 1.54) is 11.3 Å². The minimum Gasteiger partial charge on any atom is -0.451 e. The number of nitrogens with one attached hydrogen (secondary N) is 1. The summed E-state index contributed by atoms with van der Waals surface area (Å²) in [6, 6.07) is 13.4. The van der Waals surface area contributed by atoms with Crippen LogP contribution in [0.4, 0.5) is 0 Å². The average Bonchev–Trinajstić information content (AvgIpc) is 3.57. The van der Waals surface area contributed by atoms with E-state index in [1.54, 1.807) is 11.3 Å². The Bertz CT molecular complexity index is 1170. The minimum absolute atomic E-state index is 0.0672. The van der Waals surface area contributed by atoms with E-state index >= 15 is 0 Å². The average molecular weight is 452 g/mol. The zero-order chi connectivity index (χ0) is 21.2. The Hall–Kier alpha value is -2.97. The fourth-order valence-corrected chi connectivity index (χ4v) is 5.44. The van der Waals surface area contributed by atoms with E-state index in [9.17, 15) is 9.59 Å². The van der Waals surface area contributed by atoms with E-state index < -0.39 is 0 Å². The number of thiazole rings is 1. The van der Waals surface area contributed by atoms with Gasteiger partial charge in [0.15, 0.2) is 5.76 Å². The van der Waals surface area contributed by atoms with Gasteiger partial charge in [-0.2, -0.15) is 0 Å². The zero-order valence-corrected chi connectivity index (χ0v) is 18.4. The largest absolute Gasteiger partial charge is 0.451 e. The molecular formula is C23H21N3O3S2. The first-order valence-electron chi connectivity index (χ1n) is 10.2. The topological polar surface area (TPSA) is 75.4 Å². The molecule has 0 saturated carbocycles. The number of amides is 2. The highest BCUT2D eigenvalue weighted by Crippen LogP contribution is 2.31. The number of hydrogen-bond acceptors (Lipinski definition) is 6. The van der Waals surface area contributed by atoms with E-state index in [0.29, 0.717) is 31.1 Å². The van der Waals surface area contributed by atoms with E-state index in [4.69, 9.17) is 4.42 Å². The van der Waals surface area contributed by atoms with Crippen LogP contribution in [0.5, 0.6) is 0 Å². The number of hydrogen-bond donors (Lipinski definition) is 1. The van der Waals surface area contributed by atoms with E-state index in [2.05, 4.69) is 10.3 Å². The van der Waals surface area contributed by atoms with Crippen LogP contribution < -0.4 is 5.32 Å². The summed E-state index contributed by atoms with van der Waals surface area (Å²) in [5, 5.41) is 8.65. The van der Waals surface area contributed by atoms with Gasteiger partial charge in [-0.15, -0.1) is 22.7 Å². The van der Waals surface area contributed by atoms with Crippen molar-refractivity contribution in [3.05, 3.63) is 74.6 Å². The van der Waals surface area contributed by atoms with Gasteiger partial charge in [0, 0.05) is 34.7 Å². The molecule has 0 bridgehead atoms. The number of aromatic nitrogens is 1. The summed E-state index contributed by atoms with van der Waals surface area (Å²) in [5.74, 6) is 0.443. The van der Waals surface area contributed by atoms with Gasteiger partial charge < -0.3 is 14.6 Å². The summed E-state index contributed by atoms with van der Waals surface area (Å²) >= 11 is 3.14. The number of carbonyl (C=O) groups is 2. The molecule has 4 aromatic rings. The molecule has 3 aromatic heterocycles. The Balaban J connectivity index is 1.18. The number of furan rings is 1. The second kappa shape index (κ2) is 8.64. The SMILES string of the molecule is O=C(NCc1cccs1)c1csc(C2CCN(C(=O)c3cc4ccccc4o3)CC2)n1. The maximum Gasteiger partial charge on any atom is 0.289 e. The molecule has 0 radical (unpaired) electrons. The van der Waals surface area contributed by atoms with Crippen molar-refractivity contribution >= 4 is 45.5 Å². The monoisotopic (exact) mass is 451 g/mol. The molecule has 1 fully saturated rings. The first-order valence-corrected chi connectivity index (χ1v) is 12.0. The molecule has 1 aromatic carbocycles. The quantitative estimate of drug-likeness (QED) is 0.468. The smallest absolute Gasteiger partial charge is 0.289 e. The van der Waals surface area contributed by atoms with Gasteiger partial charge in [-0.1, -0.05) is 24.3 Å². The summed E-state index contributed by atoms with van der Waals surface area (Å²) in [5.41, 5.74) is 1.20. The third-order valence-electron chi connectivity index (χ3n) is 5.53. The lowest BCUT2D eigenvalue weighted by atomic mass is 9.97. The Morgan fingerprint density at radius 1 is 1.13 bits per heavy atom. The van der Waals surface area contributed by atoms with Crippen molar-refractivity contribution in [3.8, 4) is 0 Å². The van der Waals surface area contributed by atoms with Crippen molar-refractivity contribution in [2.75, 3.05) is 13.1 Å². The van der Waals surface area contributed by atoms with E-state index in [-0.39, 0.29) is 17.7 Å². The van der Waals surface area contributed by atoms with Gasteiger partial charge in [0.2, 0.25) is 0 Å². The van der Waals surface area contributed by atoms with Crippen LogP contribution in [-0.2, 0) is 6.54 Å². The molecule has 1 N–H and O–H groups in total. The lowest BCUT2D eigenvalue weighted by Crippen LogP contribution is -2.37. The van der Waals surface area contributed by atoms with Crippen molar-refractivity contribution in [1.82, 2.24) is 15.2 Å². The summed E-state index contributed by atoms with van der Waals surface area (Å²) < 4.78 is 5.73. The highest BCUT2D eigenvalue weighted by Gasteiger charge is 2.28. The molecule has 0 unspecified atom stereocenters. The van der Waals surface area contributed by atoms with Crippen molar-refractivity contribution in [3.63, 3.8) is 0 Å². The van der Waals surface area contributed by atoms with Gasteiger partial charge in [0.1, 0.15) is 11.3 Å². The number of nitrogens with zero attached hydrogens (tertiary/aromatic N) is 2. The third-order valence-corrected chi connectivity index (χ3v) is 7.41. The molecule has 0 atom stereocenters. The number of carbonyl (C=O) groups excluding carboxylic acids is 2. The van der Waals surface area contributed by atoms with Gasteiger partial charge in [0.25, 0.3) is 11.8 Å². The van der Waals surface area contributed by atoms with Gasteiger partial charge >= 0.3 is 0 Å². The van der Waals surface area contributed by atoms with Gasteiger partial charge in [0.05, 0.1) is 11.6 Å². The van der Waals surface area contributed by atoms with Crippen molar-refractivity contribution in [2.45, 2.75) is 25.3 Å². The number of piperidine rings is 1. The van der Waals surface area contributed by atoms with Crippen LogP contribution in [0.15, 0.2) is 57.6 Å². The van der Waals surface area contributed by atoms with Crippen LogP contribution in [0, 0.1) is 0 Å². The first-order chi connectivity index (χ1) is 15.2. The second-order valence-electron chi connectivity index (χ2n) is 7.55. The zero-order valence-electron chi connectivity index (χ0n) is 16.7. The third kappa shape index (κ3) is 4.26.